The van der Waals surface area contributed by atoms with Crippen molar-refractivity contribution < 1.29 is 0 Å². The minimum absolute atomic E-state index is 0.671. The Morgan fingerprint density at radius 2 is 2.24 bits per heavy atom. The third-order valence-corrected chi connectivity index (χ3v) is 3.07. The van der Waals surface area contributed by atoms with Crippen LogP contribution in [0.2, 0.25) is 0 Å². The fourth-order valence-corrected chi connectivity index (χ4v) is 2.16. The van der Waals surface area contributed by atoms with Crippen LogP contribution >= 0.6 is 0 Å². The molecule has 0 aromatic carbocycles. The molecule has 5 heteroatoms. The average Bonchev–Trinajstić information content (AvgIpc) is 2.75. The lowest BCUT2D eigenvalue weighted by Gasteiger charge is -2.40. The van der Waals surface area contributed by atoms with E-state index >= 15 is 0 Å². The summed E-state index contributed by atoms with van der Waals surface area (Å²) < 4.78 is 1.99. The van der Waals surface area contributed by atoms with E-state index in [1.165, 1.54) is 0 Å². The Kier molecular flexibility index (Phi) is 2.51. The van der Waals surface area contributed by atoms with Crippen LogP contribution in [-0.2, 0) is 6.54 Å². The quantitative estimate of drug-likeness (QED) is 0.791. The summed E-state index contributed by atoms with van der Waals surface area (Å²) in [4.78, 5) is 10.7. The minimum Gasteiger partial charge on any atom is -0.356 e. The molecule has 1 aliphatic rings. The molecule has 0 bridgehead atoms. The van der Waals surface area contributed by atoms with Crippen LogP contribution in [0.25, 0.3) is 0 Å². The van der Waals surface area contributed by atoms with E-state index in [1.54, 1.807) is 6.33 Å². The molecule has 0 unspecified atom stereocenters. The summed E-state index contributed by atoms with van der Waals surface area (Å²) >= 11 is 0. The fourth-order valence-electron chi connectivity index (χ4n) is 2.16. The van der Waals surface area contributed by atoms with E-state index in [0.29, 0.717) is 5.92 Å². The molecule has 3 heterocycles. The van der Waals surface area contributed by atoms with Gasteiger partial charge in [-0.1, -0.05) is 0 Å². The van der Waals surface area contributed by atoms with Gasteiger partial charge >= 0.3 is 0 Å². The molecule has 3 rings (SSSR count). The zero-order chi connectivity index (χ0) is 11.7. The van der Waals surface area contributed by atoms with Crippen LogP contribution in [0.15, 0.2) is 30.9 Å². The van der Waals surface area contributed by atoms with E-state index in [0.717, 1.165) is 31.1 Å². The van der Waals surface area contributed by atoms with Gasteiger partial charge in [0.05, 0.1) is 0 Å². The van der Waals surface area contributed by atoms with Crippen LogP contribution in [0.4, 0.5) is 5.82 Å². The van der Waals surface area contributed by atoms with Crippen LogP contribution in [0.5, 0.6) is 0 Å². The maximum Gasteiger partial charge on any atom is 0.132 e. The van der Waals surface area contributed by atoms with Gasteiger partial charge < -0.3 is 4.90 Å². The second-order valence-electron chi connectivity index (χ2n) is 4.52. The first-order valence-electron chi connectivity index (χ1n) is 5.82. The standard InChI is InChI=1S/C12H15N5/c1-10-5-12(14-9-13-10)16-6-11(7-16)8-17-4-2-3-15-17/h2-5,9,11H,6-8H2,1H3. The Morgan fingerprint density at radius 3 is 2.94 bits per heavy atom. The van der Waals surface area contributed by atoms with Gasteiger partial charge in [0.2, 0.25) is 0 Å². The maximum atomic E-state index is 4.29. The van der Waals surface area contributed by atoms with E-state index in [4.69, 9.17) is 0 Å². The van der Waals surface area contributed by atoms with Crippen LogP contribution < -0.4 is 4.90 Å². The number of hydrogen-bond donors (Lipinski definition) is 0. The van der Waals surface area contributed by atoms with Crippen LogP contribution in [0.1, 0.15) is 5.69 Å². The first-order chi connectivity index (χ1) is 8.31. The van der Waals surface area contributed by atoms with Gasteiger partial charge in [-0.05, 0) is 13.0 Å². The molecule has 2 aromatic heterocycles. The predicted molar refractivity (Wildman–Crippen MR) is 64.7 cm³/mol. The van der Waals surface area contributed by atoms with Crippen molar-refractivity contribution in [2.45, 2.75) is 13.5 Å². The Labute approximate surface area is 100 Å². The zero-order valence-electron chi connectivity index (χ0n) is 9.82. The summed E-state index contributed by atoms with van der Waals surface area (Å²) in [6.45, 7) is 5.09. The van der Waals surface area contributed by atoms with E-state index in [9.17, 15) is 0 Å². The van der Waals surface area contributed by atoms with Crippen molar-refractivity contribution >= 4 is 5.82 Å². The lowest BCUT2D eigenvalue weighted by Crippen LogP contribution is -2.49. The highest BCUT2D eigenvalue weighted by atomic mass is 15.3. The summed E-state index contributed by atoms with van der Waals surface area (Å²) in [6.07, 6.45) is 5.47. The molecule has 0 atom stereocenters. The molecule has 5 nitrogen and oxygen atoms in total. The van der Waals surface area contributed by atoms with Gasteiger partial charge in [-0.15, -0.1) is 0 Å². The van der Waals surface area contributed by atoms with Gasteiger partial charge in [0, 0.05) is 49.7 Å². The molecule has 88 valence electrons. The number of anilines is 1. The average molecular weight is 229 g/mol. The fraction of sp³-hybridized carbons (Fsp3) is 0.417. The van der Waals surface area contributed by atoms with E-state index in [2.05, 4.69) is 20.0 Å². The first-order valence-corrected chi connectivity index (χ1v) is 5.82. The summed E-state index contributed by atoms with van der Waals surface area (Å²) in [5.74, 6) is 1.71. The molecule has 0 radical (unpaired) electrons. The second kappa shape index (κ2) is 4.16. The van der Waals surface area contributed by atoms with Crippen LogP contribution in [0.3, 0.4) is 0 Å². The molecule has 0 saturated carbocycles. The van der Waals surface area contributed by atoms with Crippen molar-refractivity contribution in [3.8, 4) is 0 Å². The predicted octanol–water partition coefficient (Wildman–Crippen LogP) is 1.12. The molecule has 0 N–H and O–H groups in total. The highest BCUT2D eigenvalue weighted by molar-refractivity contribution is 5.41. The second-order valence-corrected chi connectivity index (χ2v) is 4.52. The first kappa shape index (κ1) is 10.3. The van der Waals surface area contributed by atoms with Gasteiger partial charge in [-0.3, -0.25) is 4.68 Å². The van der Waals surface area contributed by atoms with Crippen molar-refractivity contribution in [1.29, 1.82) is 0 Å². The topological polar surface area (TPSA) is 46.8 Å². The van der Waals surface area contributed by atoms with Gasteiger partial charge in [-0.25, -0.2) is 9.97 Å². The number of aryl methyl sites for hydroxylation is 1. The van der Waals surface area contributed by atoms with E-state index in [-0.39, 0.29) is 0 Å². The Bertz CT molecular complexity index is 487. The summed E-state index contributed by atoms with van der Waals surface area (Å²) in [5, 5.41) is 4.22. The molecule has 0 aliphatic carbocycles. The third kappa shape index (κ3) is 2.13. The summed E-state index contributed by atoms with van der Waals surface area (Å²) in [7, 11) is 0. The molecule has 17 heavy (non-hydrogen) atoms. The van der Waals surface area contributed by atoms with Crippen molar-refractivity contribution in [2.24, 2.45) is 5.92 Å². The van der Waals surface area contributed by atoms with Crippen molar-refractivity contribution in [3.05, 3.63) is 36.5 Å². The molecule has 0 spiro atoms. The number of nitrogens with zero attached hydrogens (tertiary/aromatic N) is 5. The monoisotopic (exact) mass is 229 g/mol. The maximum absolute atomic E-state index is 4.29. The van der Waals surface area contributed by atoms with Gasteiger partial charge in [0.1, 0.15) is 12.1 Å². The highest BCUT2D eigenvalue weighted by Crippen LogP contribution is 2.23. The Balaban J connectivity index is 1.58. The zero-order valence-corrected chi connectivity index (χ0v) is 9.82. The van der Waals surface area contributed by atoms with Gasteiger partial charge in [0.25, 0.3) is 0 Å². The summed E-state index contributed by atoms with van der Waals surface area (Å²) in [6, 6.07) is 3.99. The molecular weight excluding hydrogens is 214 g/mol. The highest BCUT2D eigenvalue weighted by Gasteiger charge is 2.28. The molecule has 1 saturated heterocycles. The van der Waals surface area contributed by atoms with Gasteiger partial charge in [-0.2, -0.15) is 5.10 Å². The van der Waals surface area contributed by atoms with E-state index in [1.807, 2.05) is 36.1 Å². The number of hydrogen-bond acceptors (Lipinski definition) is 4. The lowest BCUT2D eigenvalue weighted by atomic mass is 10.0. The van der Waals surface area contributed by atoms with Gasteiger partial charge in [0.15, 0.2) is 0 Å². The van der Waals surface area contributed by atoms with Crippen molar-refractivity contribution in [3.63, 3.8) is 0 Å². The molecule has 1 fully saturated rings. The molecule has 2 aromatic rings. The third-order valence-electron chi connectivity index (χ3n) is 3.07. The summed E-state index contributed by atoms with van der Waals surface area (Å²) in [5.41, 5.74) is 1.02. The van der Waals surface area contributed by atoms with Crippen LogP contribution in [0, 0.1) is 12.8 Å². The normalized spacial score (nSPS) is 15.9. The largest absolute Gasteiger partial charge is 0.356 e. The number of rotatable bonds is 3. The van der Waals surface area contributed by atoms with E-state index < -0.39 is 0 Å². The Morgan fingerprint density at radius 1 is 1.35 bits per heavy atom. The SMILES string of the molecule is Cc1cc(N2CC(Cn3cccn3)C2)ncn1. The molecule has 1 aliphatic heterocycles. The Hall–Kier alpha value is -1.91. The van der Waals surface area contributed by atoms with Crippen LogP contribution in [-0.4, -0.2) is 32.8 Å². The molecule has 0 amide bonds. The molecular formula is C12H15N5. The lowest BCUT2D eigenvalue weighted by molar-refractivity contribution is 0.340. The van der Waals surface area contributed by atoms with Crippen molar-refractivity contribution in [2.75, 3.05) is 18.0 Å². The van der Waals surface area contributed by atoms with Crippen molar-refractivity contribution in [1.82, 2.24) is 19.7 Å². The number of aromatic nitrogens is 4. The minimum atomic E-state index is 0.671. The smallest absolute Gasteiger partial charge is 0.132 e.